The third-order valence-electron chi connectivity index (χ3n) is 17.0. The third kappa shape index (κ3) is 14.4. The van der Waals surface area contributed by atoms with E-state index in [0.29, 0.717) is 65.0 Å². The van der Waals surface area contributed by atoms with Crippen LogP contribution in [0, 0.1) is 39.7 Å². The number of piperazine rings is 1. The van der Waals surface area contributed by atoms with Crippen LogP contribution in [0.3, 0.4) is 0 Å². The Balaban J connectivity index is 0.673. The summed E-state index contributed by atoms with van der Waals surface area (Å²) in [6, 6.07) is 30.7. The molecule has 7 atom stereocenters. The Hall–Kier alpha value is -7.24. The van der Waals surface area contributed by atoms with Crippen molar-refractivity contribution in [3.8, 4) is 23.9 Å². The van der Waals surface area contributed by atoms with Gasteiger partial charge in [0.05, 0.1) is 93.8 Å². The van der Waals surface area contributed by atoms with Crippen LogP contribution in [-0.4, -0.2) is 150 Å². The number of hydrogen-bond acceptors (Lipinski definition) is 16. The normalized spacial score (nSPS) is 22.0. The number of rotatable bonds is 23. The smallest absolute Gasteiger partial charge is 0.318 e. The molecule has 4 N–H and O–H groups in total. The van der Waals surface area contributed by atoms with E-state index in [2.05, 4.69) is 97.6 Å². The van der Waals surface area contributed by atoms with Crippen LogP contribution in [0.25, 0.3) is 10.8 Å². The predicted molar refractivity (Wildman–Crippen MR) is 334 cm³/mol. The molecule has 0 bridgehead atoms. The molecule has 0 aliphatic carbocycles. The predicted octanol–water partition coefficient (Wildman–Crippen LogP) is 9.37. The van der Waals surface area contributed by atoms with E-state index >= 15 is 8.78 Å². The Morgan fingerprint density at radius 1 is 0.898 bits per heavy atom. The molecule has 22 heteroatoms. The highest BCUT2D eigenvalue weighted by atomic mass is 35.5. The first-order chi connectivity index (χ1) is 42.5. The highest BCUT2D eigenvalue weighted by molar-refractivity contribution is 6.31. The van der Waals surface area contributed by atoms with E-state index in [-0.39, 0.29) is 69.5 Å². The standard InChI is InChI=1S/C66H75Cl2F2N11O7/c1-65(2,3)35-57-66(40-72,50-18-17-43(67)33-52(50)69)58(49-13-9-14-51(68)59(49)70)60(77-57)63(83)75-53-19-16-42(32-56(53)84-5)62(82)74-24-27-85-28-29-86-30-31-87-46-34-45(79(4)37-46)39-88-64-76-54-38-80(55-15-8-11-41-10-6-7-12-47(41)55)25-21-48(54)61(78-64)81-26-23-73-44(36-81)20-22-71/h6-19,32-33,44-46,57-58,60,73,77H,20-21,23-31,34-39H2,1-5H3,(H,74,82)(H,75,83)/t44?,45-,46+,57-,58-,60+,66-/m0/s1. The Kier molecular flexibility index (Phi) is 20.7. The molecule has 5 aromatic carbocycles. The number of nitriles is 2. The molecule has 88 heavy (non-hydrogen) atoms. The second kappa shape index (κ2) is 28.5. The molecule has 0 spiro atoms. The van der Waals surface area contributed by atoms with Gasteiger partial charge in [0.2, 0.25) is 5.91 Å². The van der Waals surface area contributed by atoms with Gasteiger partial charge in [-0.25, -0.2) is 8.78 Å². The lowest BCUT2D eigenvalue weighted by Gasteiger charge is -2.37. The van der Waals surface area contributed by atoms with Gasteiger partial charge in [0.1, 0.15) is 35.2 Å². The zero-order chi connectivity index (χ0) is 62.1. The largest absolute Gasteiger partial charge is 0.495 e. The molecule has 1 aromatic heterocycles. The lowest BCUT2D eigenvalue weighted by molar-refractivity contribution is -0.118. The zero-order valence-corrected chi connectivity index (χ0v) is 51.7. The van der Waals surface area contributed by atoms with Gasteiger partial charge in [-0.15, -0.1) is 0 Å². The molecule has 3 saturated heterocycles. The Morgan fingerprint density at radius 3 is 2.47 bits per heavy atom. The first-order valence-electron chi connectivity index (χ1n) is 29.9. The molecular formula is C66H75Cl2F2N11O7. The van der Waals surface area contributed by atoms with Gasteiger partial charge in [-0.05, 0) is 85.1 Å². The average molecular weight is 1240 g/mol. The molecule has 10 rings (SSSR count). The van der Waals surface area contributed by atoms with Gasteiger partial charge in [0.25, 0.3) is 5.91 Å². The highest BCUT2D eigenvalue weighted by Crippen LogP contribution is 2.53. The van der Waals surface area contributed by atoms with Gasteiger partial charge < -0.3 is 54.8 Å². The number of ether oxygens (including phenoxy) is 5. The van der Waals surface area contributed by atoms with E-state index in [0.717, 1.165) is 62.2 Å². The quantitative estimate of drug-likeness (QED) is 0.0440. The van der Waals surface area contributed by atoms with E-state index in [1.54, 1.807) is 0 Å². The maximum absolute atomic E-state index is 16.2. The number of carbonyl (C=O) groups is 2. The summed E-state index contributed by atoms with van der Waals surface area (Å²) in [5, 5.41) is 35.5. The van der Waals surface area contributed by atoms with Crippen LogP contribution < -0.4 is 40.5 Å². The number of benzene rings is 5. The summed E-state index contributed by atoms with van der Waals surface area (Å²) in [6.07, 6.45) is 2.27. The number of nitrogens with zero attached hydrogens (tertiary/aromatic N) is 7. The second-order valence-electron chi connectivity index (χ2n) is 24.1. The first kappa shape index (κ1) is 63.8. The number of hydrogen-bond donors (Lipinski definition) is 4. The molecule has 0 saturated carbocycles. The van der Waals surface area contributed by atoms with Gasteiger partial charge >= 0.3 is 6.01 Å². The average Bonchev–Trinajstić information content (AvgIpc) is 1.56. The molecule has 6 aromatic rings. The summed E-state index contributed by atoms with van der Waals surface area (Å²) in [5.41, 5.74) is 1.38. The van der Waals surface area contributed by atoms with Crippen LogP contribution in [0.4, 0.5) is 26.0 Å². The molecule has 1 unspecified atom stereocenters. The molecule has 4 aliphatic heterocycles. The van der Waals surface area contributed by atoms with Gasteiger partial charge in [-0.2, -0.15) is 20.5 Å². The Bertz CT molecular complexity index is 3560. The molecular weight excluding hydrogens is 1170 g/mol. The van der Waals surface area contributed by atoms with Crippen molar-refractivity contribution in [1.29, 1.82) is 10.5 Å². The summed E-state index contributed by atoms with van der Waals surface area (Å²) in [4.78, 5) is 45.0. The minimum absolute atomic E-state index is 0.00850. The fourth-order valence-corrected chi connectivity index (χ4v) is 13.2. The van der Waals surface area contributed by atoms with E-state index in [1.165, 1.54) is 72.1 Å². The van der Waals surface area contributed by atoms with Gasteiger partial charge in [0.15, 0.2) is 0 Å². The maximum Gasteiger partial charge on any atom is 0.318 e. The number of fused-ring (bicyclic) bond motifs is 2. The number of likely N-dealkylation sites (N-methyl/N-ethyl adjacent to an activating group) is 1. The van der Waals surface area contributed by atoms with Crippen molar-refractivity contribution in [3.63, 3.8) is 0 Å². The lowest BCUT2D eigenvalue weighted by atomic mass is 9.62. The van der Waals surface area contributed by atoms with Crippen LogP contribution in [0.5, 0.6) is 11.8 Å². The fourth-order valence-electron chi connectivity index (χ4n) is 12.8. The van der Waals surface area contributed by atoms with Crippen molar-refractivity contribution in [1.82, 2.24) is 30.8 Å². The minimum Gasteiger partial charge on any atom is -0.495 e. The van der Waals surface area contributed by atoms with Crippen molar-refractivity contribution in [3.05, 3.63) is 147 Å². The van der Waals surface area contributed by atoms with Crippen molar-refractivity contribution >= 4 is 63.0 Å². The van der Waals surface area contributed by atoms with Gasteiger partial charge in [-0.1, -0.05) is 98.6 Å². The summed E-state index contributed by atoms with van der Waals surface area (Å²) in [5.74, 6) is -2.91. The van der Waals surface area contributed by atoms with Crippen molar-refractivity contribution in [2.75, 3.05) is 108 Å². The third-order valence-corrected chi connectivity index (χ3v) is 17.5. The van der Waals surface area contributed by atoms with Crippen molar-refractivity contribution in [2.24, 2.45) is 5.41 Å². The lowest BCUT2D eigenvalue weighted by Crippen LogP contribution is -2.51. The van der Waals surface area contributed by atoms with Crippen LogP contribution in [-0.2, 0) is 37.4 Å². The van der Waals surface area contributed by atoms with Crippen LogP contribution in [0.2, 0.25) is 10.0 Å². The van der Waals surface area contributed by atoms with Crippen molar-refractivity contribution in [2.45, 2.75) is 94.6 Å². The fraction of sp³-hybridized carbons (Fsp3) is 0.455. The van der Waals surface area contributed by atoms with E-state index < -0.39 is 52.3 Å². The number of methoxy groups -OCH3 is 1. The summed E-state index contributed by atoms with van der Waals surface area (Å²) >= 11 is 12.5. The number of anilines is 3. The van der Waals surface area contributed by atoms with Crippen LogP contribution in [0.15, 0.2) is 97.1 Å². The van der Waals surface area contributed by atoms with E-state index in [9.17, 15) is 20.1 Å². The zero-order valence-electron chi connectivity index (χ0n) is 50.2. The SMILES string of the molecule is COc1cc(C(=O)NCCOCCOCCO[C@@H]2C[C@@H](COc3nc4c(c(N5CCNC(CC#N)C5)n3)CCN(c3cccc5ccccc35)C4)N(C)C2)ccc1NC(=O)[C@@H]1N[C@@H](CC(C)(C)C)[C@](C#N)(c2ccc(Cl)cc2F)[C@H]1c1cccc(Cl)c1F. The number of amides is 2. The second-order valence-corrected chi connectivity index (χ2v) is 24.9. The summed E-state index contributed by atoms with van der Waals surface area (Å²) in [6.45, 7) is 12.5. The molecule has 4 aliphatic rings. The Labute approximate surface area is 522 Å². The highest BCUT2D eigenvalue weighted by Gasteiger charge is 2.61. The van der Waals surface area contributed by atoms with Crippen LogP contribution >= 0.6 is 23.2 Å². The van der Waals surface area contributed by atoms with Crippen molar-refractivity contribution < 1.29 is 42.1 Å². The van der Waals surface area contributed by atoms with Gasteiger partial charge in [0, 0.05) is 96.1 Å². The number of carbonyl (C=O) groups excluding carboxylic acids is 2. The number of likely N-dealkylation sites (tertiary alicyclic amines) is 1. The first-order valence-corrected chi connectivity index (χ1v) is 30.7. The molecule has 5 heterocycles. The number of nitrogens with one attached hydrogen (secondary N) is 4. The molecule has 2 amide bonds. The van der Waals surface area contributed by atoms with E-state index in [1.807, 2.05) is 20.8 Å². The maximum atomic E-state index is 16.2. The number of halogens is 4. The summed E-state index contributed by atoms with van der Waals surface area (Å²) in [7, 11) is 3.46. The molecule has 464 valence electrons. The van der Waals surface area contributed by atoms with Gasteiger partial charge in [-0.3, -0.25) is 14.5 Å². The summed E-state index contributed by atoms with van der Waals surface area (Å²) < 4.78 is 62.3. The van der Waals surface area contributed by atoms with Crippen LogP contribution in [0.1, 0.15) is 78.7 Å². The minimum atomic E-state index is -1.82. The molecule has 18 nitrogen and oxygen atoms in total. The topological polar surface area (TPSA) is 211 Å². The molecule has 0 radical (unpaired) electrons. The monoisotopic (exact) mass is 1240 g/mol. The molecule has 3 fully saturated rings. The number of aromatic nitrogens is 2. The Morgan fingerprint density at radius 2 is 1.68 bits per heavy atom. The van der Waals surface area contributed by atoms with E-state index in [4.69, 9.17) is 56.9 Å².